The van der Waals surface area contributed by atoms with Crippen LogP contribution in [0.15, 0.2) is 0 Å². The Hall–Kier alpha value is -0.860. The third-order valence-corrected chi connectivity index (χ3v) is 2.60. The first-order valence-corrected chi connectivity index (χ1v) is 4.79. The maximum atomic E-state index is 11.2. The molecule has 1 aliphatic heterocycles. The van der Waals surface area contributed by atoms with Crippen molar-refractivity contribution >= 4 is 12.3 Å². The zero-order chi connectivity index (χ0) is 9.84. The van der Waals surface area contributed by atoms with Gasteiger partial charge in [-0.3, -0.25) is 4.79 Å². The maximum absolute atomic E-state index is 11.2. The molecule has 0 aromatic carbocycles. The number of carbonyl (C=O) groups is 2. The number of esters is 1. The summed E-state index contributed by atoms with van der Waals surface area (Å²) in [6, 6.07) is 0. The lowest BCUT2D eigenvalue weighted by molar-refractivity contribution is -0.164. The van der Waals surface area contributed by atoms with E-state index in [1.807, 2.05) is 6.92 Å². The molecular weight excluding hydrogens is 168 g/mol. The molecule has 0 aliphatic carbocycles. The summed E-state index contributed by atoms with van der Waals surface area (Å²) in [5.41, 5.74) is 0. The molecule has 1 unspecified atom stereocenters. The first kappa shape index (κ1) is 10.2. The molecule has 3 atom stereocenters. The summed E-state index contributed by atoms with van der Waals surface area (Å²) in [6.07, 6.45) is 2.86. The molecule has 1 aliphatic rings. The average Bonchev–Trinajstić information content (AvgIpc) is 2.09. The van der Waals surface area contributed by atoms with E-state index in [4.69, 9.17) is 4.74 Å². The lowest BCUT2D eigenvalue weighted by Crippen LogP contribution is -2.35. The zero-order valence-corrected chi connectivity index (χ0v) is 8.16. The van der Waals surface area contributed by atoms with Crippen LogP contribution in [0, 0.1) is 11.8 Å². The van der Waals surface area contributed by atoms with E-state index in [0.29, 0.717) is 18.8 Å². The number of rotatable bonds is 3. The van der Waals surface area contributed by atoms with Gasteiger partial charge in [-0.2, -0.15) is 0 Å². The largest absolute Gasteiger partial charge is 0.462 e. The molecule has 0 bridgehead atoms. The third-order valence-electron chi connectivity index (χ3n) is 2.60. The van der Waals surface area contributed by atoms with Crippen molar-refractivity contribution in [3.05, 3.63) is 0 Å². The van der Waals surface area contributed by atoms with Gasteiger partial charge in [-0.1, -0.05) is 13.8 Å². The van der Waals surface area contributed by atoms with Crippen LogP contribution in [0.1, 0.15) is 33.1 Å². The van der Waals surface area contributed by atoms with Crippen molar-refractivity contribution in [2.45, 2.75) is 39.2 Å². The predicted molar refractivity (Wildman–Crippen MR) is 48.1 cm³/mol. The summed E-state index contributed by atoms with van der Waals surface area (Å²) in [5.74, 6) is 0.282. The molecule has 0 saturated carbocycles. The van der Waals surface area contributed by atoms with Crippen molar-refractivity contribution in [3.8, 4) is 0 Å². The van der Waals surface area contributed by atoms with Crippen LogP contribution in [0.5, 0.6) is 0 Å². The van der Waals surface area contributed by atoms with E-state index in [2.05, 4.69) is 6.92 Å². The fourth-order valence-electron chi connectivity index (χ4n) is 1.76. The molecule has 0 aromatic rings. The molecule has 3 nitrogen and oxygen atoms in total. The van der Waals surface area contributed by atoms with Crippen molar-refractivity contribution in [2.75, 3.05) is 0 Å². The Morgan fingerprint density at radius 1 is 1.54 bits per heavy atom. The van der Waals surface area contributed by atoms with Gasteiger partial charge < -0.3 is 9.53 Å². The van der Waals surface area contributed by atoms with Crippen LogP contribution in [0.25, 0.3) is 0 Å². The molecule has 3 heteroatoms. The summed E-state index contributed by atoms with van der Waals surface area (Å²) < 4.78 is 5.22. The van der Waals surface area contributed by atoms with Crippen LogP contribution in [0.4, 0.5) is 0 Å². The van der Waals surface area contributed by atoms with Crippen molar-refractivity contribution in [2.24, 2.45) is 11.8 Å². The molecule has 1 heterocycles. The van der Waals surface area contributed by atoms with Gasteiger partial charge in [0.05, 0.1) is 5.92 Å². The second-order valence-corrected chi connectivity index (χ2v) is 3.83. The van der Waals surface area contributed by atoms with Crippen LogP contribution >= 0.6 is 0 Å². The second-order valence-electron chi connectivity index (χ2n) is 3.83. The van der Waals surface area contributed by atoms with Crippen LogP contribution in [0.2, 0.25) is 0 Å². The van der Waals surface area contributed by atoms with E-state index < -0.39 is 0 Å². The van der Waals surface area contributed by atoms with Gasteiger partial charge in [-0.15, -0.1) is 0 Å². The van der Waals surface area contributed by atoms with E-state index in [9.17, 15) is 9.59 Å². The molecule has 1 saturated heterocycles. The maximum Gasteiger partial charge on any atom is 0.308 e. The molecule has 74 valence electrons. The topological polar surface area (TPSA) is 43.4 Å². The highest BCUT2D eigenvalue weighted by molar-refractivity contribution is 5.73. The summed E-state index contributed by atoms with van der Waals surface area (Å²) in [5, 5.41) is 0. The van der Waals surface area contributed by atoms with E-state index >= 15 is 0 Å². The number of cyclic esters (lactones) is 1. The smallest absolute Gasteiger partial charge is 0.308 e. The highest BCUT2D eigenvalue weighted by atomic mass is 16.5. The average molecular weight is 184 g/mol. The number of hydrogen-bond acceptors (Lipinski definition) is 3. The Morgan fingerprint density at radius 2 is 2.23 bits per heavy atom. The minimum Gasteiger partial charge on any atom is -0.462 e. The highest BCUT2D eigenvalue weighted by Gasteiger charge is 2.31. The van der Waals surface area contributed by atoms with Crippen LogP contribution in [-0.2, 0) is 14.3 Å². The zero-order valence-electron chi connectivity index (χ0n) is 8.16. The molecule has 0 amide bonds. The Kier molecular flexibility index (Phi) is 3.46. The van der Waals surface area contributed by atoms with Gasteiger partial charge in [0.25, 0.3) is 0 Å². The number of carbonyl (C=O) groups excluding carboxylic acids is 2. The molecule has 0 aromatic heterocycles. The molecule has 0 radical (unpaired) electrons. The minimum absolute atomic E-state index is 0.0162. The van der Waals surface area contributed by atoms with Crippen LogP contribution in [-0.4, -0.2) is 18.4 Å². The summed E-state index contributed by atoms with van der Waals surface area (Å²) in [7, 11) is 0. The Morgan fingerprint density at radius 3 is 2.85 bits per heavy atom. The fourth-order valence-corrected chi connectivity index (χ4v) is 1.76. The van der Waals surface area contributed by atoms with Crippen molar-refractivity contribution in [3.63, 3.8) is 0 Å². The predicted octanol–water partition coefficient (Wildman–Crippen LogP) is 1.55. The molecule has 1 fully saturated rings. The third kappa shape index (κ3) is 2.54. The lowest BCUT2D eigenvalue weighted by Gasteiger charge is -2.31. The molecule has 0 N–H and O–H groups in total. The Balaban J connectivity index is 2.46. The van der Waals surface area contributed by atoms with Crippen LogP contribution < -0.4 is 0 Å². The minimum atomic E-state index is -0.117. The van der Waals surface area contributed by atoms with Gasteiger partial charge in [0.1, 0.15) is 12.4 Å². The van der Waals surface area contributed by atoms with Crippen molar-refractivity contribution in [1.29, 1.82) is 0 Å². The first-order valence-electron chi connectivity index (χ1n) is 4.79. The van der Waals surface area contributed by atoms with Gasteiger partial charge in [-0.25, -0.2) is 0 Å². The molecule has 13 heavy (non-hydrogen) atoms. The summed E-state index contributed by atoms with van der Waals surface area (Å²) in [4.78, 5) is 21.4. The number of ether oxygens (including phenoxy) is 1. The van der Waals surface area contributed by atoms with Crippen LogP contribution in [0.3, 0.4) is 0 Å². The van der Waals surface area contributed by atoms with Gasteiger partial charge in [0, 0.05) is 6.42 Å². The Bertz CT molecular complexity index is 200. The lowest BCUT2D eigenvalue weighted by atomic mass is 9.88. The summed E-state index contributed by atoms with van der Waals surface area (Å²) in [6.45, 7) is 3.95. The number of aldehydes is 1. The molecule has 1 rings (SSSR count). The van der Waals surface area contributed by atoms with Crippen molar-refractivity contribution in [1.82, 2.24) is 0 Å². The van der Waals surface area contributed by atoms with Gasteiger partial charge in [0.15, 0.2) is 0 Å². The van der Waals surface area contributed by atoms with E-state index in [0.717, 1.165) is 12.7 Å². The monoisotopic (exact) mass is 184 g/mol. The second kappa shape index (κ2) is 4.40. The van der Waals surface area contributed by atoms with Gasteiger partial charge in [-0.05, 0) is 18.8 Å². The normalized spacial score (nSPS) is 34.0. The van der Waals surface area contributed by atoms with E-state index in [1.54, 1.807) is 0 Å². The fraction of sp³-hybridized carbons (Fsp3) is 0.800. The SMILES string of the molecule is C[C@@H]1C[C@@H](C)C(CCC=O)OC1=O. The molecular formula is C10H16O3. The standard InChI is InChI=1S/C10H16O3/c1-7-6-8(2)10(12)13-9(7)4-3-5-11/h5,7-9H,3-4,6H2,1-2H3/t7-,8-,9?/m1/s1. The first-order chi connectivity index (χ1) is 6.15. The number of hydrogen-bond donors (Lipinski definition) is 0. The van der Waals surface area contributed by atoms with E-state index in [1.165, 1.54) is 0 Å². The highest BCUT2D eigenvalue weighted by Crippen LogP contribution is 2.27. The quantitative estimate of drug-likeness (QED) is 0.493. The van der Waals surface area contributed by atoms with Crippen molar-refractivity contribution < 1.29 is 14.3 Å². The van der Waals surface area contributed by atoms with E-state index in [-0.39, 0.29) is 18.0 Å². The summed E-state index contributed by atoms with van der Waals surface area (Å²) >= 11 is 0. The Labute approximate surface area is 78.5 Å². The van der Waals surface area contributed by atoms with Gasteiger partial charge >= 0.3 is 5.97 Å². The van der Waals surface area contributed by atoms with Gasteiger partial charge in [0.2, 0.25) is 0 Å². The molecule has 0 spiro atoms.